The zero-order valence-electron chi connectivity index (χ0n) is 12.8. The van der Waals surface area contributed by atoms with Gasteiger partial charge in [-0.25, -0.2) is 0 Å². The lowest BCUT2D eigenvalue weighted by Gasteiger charge is -2.12. The highest BCUT2D eigenvalue weighted by atomic mass is 79.9. The highest BCUT2D eigenvalue weighted by Crippen LogP contribution is 2.37. The molecule has 2 aromatic carbocycles. The van der Waals surface area contributed by atoms with Gasteiger partial charge < -0.3 is 4.74 Å². The number of nitriles is 1. The van der Waals surface area contributed by atoms with E-state index in [1.54, 1.807) is 24.3 Å². The number of ether oxygens (including phenoxy) is 1. The summed E-state index contributed by atoms with van der Waals surface area (Å²) in [5, 5.41) is 9.00. The SMILES string of the molecule is Cc1ccc(S(=O)(=O)OCC2Cc3cc(C#N)cc(Br)c3O2)cc1. The van der Waals surface area contributed by atoms with Crippen LogP contribution in [0, 0.1) is 18.3 Å². The van der Waals surface area contributed by atoms with Crippen molar-refractivity contribution in [2.24, 2.45) is 0 Å². The molecule has 5 nitrogen and oxygen atoms in total. The van der Waals surface area contributed by atoms with Crippen LogP contribution in [0.15, 0.2) is 45.8 Å². The fourth-order valence-corrected chi connectivity index (χ4v) is 4.01. The molecule has 7 heteroatoms. The lowest BCUT2D eigenvalue weighted by atomic mass is 10.1. The highest BCUT2D eigenvalue weighted by Gasteiger charge is 2.28. The van der Waals surface area contributed by atoms with Crippen LogP contribution in [-0.2, 0) is 20.7 Å². The summed E-state index contributed by atoms with van der Waals surface area (Å²) in [4.78, 5) is 0.122. The molecule has 0 saturated carbocycles. The molecule has 2 aromatic rings. The van der Waals surface area contributed by atoms with Crippen molar-refractivity contribution in [2.75, 3.05) is 6.61 Å². The van der Waals surface area contributed by atoms with Crippen molar-refractivity contribution in [1.29, 1.82) is 5.26 Å². The molecule has 3 rings (SSSR count). The van der Waals surface area contributed by atoms with Gasteiger partial charge in [-0.05, 0) is 47.1 Å². The van der Waals surface area contributed by atoms with Crippen LogP contribution in [0.4, 0.5) is 0 Å². The van der Waals surface area contributed by atoms with Gasteiger partial charge in [0.1, 0.15) is 18.5 Å². The largest absolute Gasteiger partial charge is 0.486 e. The van der Waals surface area contributed by atoms with Crippen LogP contribution in [0.1, 0.15) is 16.7 Å². The summed E-state index contributed by atoms with van der Waals surface area (Å²) < 4.78 is 36.0. The minimum atomic E-state index is -3.82. The van der Waals surface area contributed by atoms with Crippen LogP contribution in [0.25, 0.3) is 0 Å². The smallest absolute Gasteiger partial charge is 0.297 e. The Balaban J connectivity index is 1.69. The van der Waals surface area contributed by atoms with Crippen molar-refractivity contribution in [1.82, 2.24) is 0 Å². The topological polar surface area (TPSA) is 76.4 Å². The summed E-state index contributed by atoms with van der Waals surface area (Å²) in [5.41, 5.74) is 2.36. The van der Waals surface area contributed by atoms with Gasteiger partial charge in [-0.2, -0.15) is 13.7 Å². The Morgan fingerprint density at radius 1 is 1.33 bits per heavy atom. The van der Waals surface area contributed by atoms with E-state index in [9.17, 15) is 8.42 Å². The van der Waals surface area contributed by atoms with Crippen LogP contribution in [-0.4, -0.2) is 21.1 Å². The van der Waals surface area contributed by atoms with E-state index in [0.29, 0.717) is 22.2 Å². The normalized spacial score (nSPS) is 16.3. The van der Waals surface area contributed by atoms with Gasteiger partial charge >= 0.3 is 0 Å². The average molecular weight is 408 g/mol. The molecule has 0 saturated heterocycles. The van der Waals surface area contributed by atoms with Gasteiger partial charge in [-0.15, -0.1) is 0 Å². The molecule has 0 aliphatic carbocycles. The highest BCUT2D eigenvalue weighted by molar-refractivity contribution is 9.10. The van der Waals surface area contributed by atoms with Gasteiger partial charge in [0.2, 0.25) is 0 Å². The number of halogens is 1. The summed E-state index contributed by atoms with van der Waals surface area (Å²) in [6.07, 6.45) is 0.0813. The number of fused-ring (bicyclic) bond motifs is 1. The Bertz CT molecular complexity index is 917. The third kappa shape index (κ3) is 3.46. The fraction of sp³-hybridized carbons (Fsp3) is 0.235. The van der Waals surface area contributed by atoms with Crippen molar-refractivity contribution in [2.45, 2.75) is 24.3 Å². The zero-order valence-corrected chi connectivity index (χ0v) is 15.2. The van der Waals surface area contributed by atoms with E-state index in [0.717, 1.165) is 11.1 Å². The summed E-state index contributed by atoms with van der Waals surface area (Å²) in [5.74, 6) is 0.635. The molecule has 0 aromatic heterocycles. The maximum Gasteiger partial charge on any atom is 0.297 e. The molecule has 0 bridgehead atoms. The second kappa shape index (κ2) is 6.55. The first-order chi connectivity index (χ1) is 11.4. The number of aryl methyl sites for hydroxylation is 1. The number of rotatable bonds is 4. The Labute approximate surface area is 149 Å². The second-order valence-electron chi connectivity index (χ2n) is 5.55. The minimum absolute atomic E-state index is 0.0841. The third-order valence-electron chi connectivity index (χ3n) is 3.70. The summed E-state index contributed by atoms with van der Waals surface area (Å²) in [6, 6.07) is 12.0. The molecular weight excluding hydrogens is 394 g/mol. The molecule has 0 radical (unpaired) electrons. The molecule has 1 aliphatic rings. The molecule has 1 unspecified atom stereocenters. The van der Waals surface area contributed by atoms with Gasteiger partial charge in [0, 0.05) is 12.0 Å². The van der Waals surface area contributed by atoms with Crippen LogP contribution < -0.4 is 4.74 Å². The third-order valence-corrected chi connectivity index (χ3v) is 5.59. The molecule has 0 spiro atoms. The van der Waals surface area contributed by atoms with Crippen LogP contribution >= 0.6 is 15.9 Å². The Hall–Kier alpha value is -1.88. The summed E-state index contributed by atoms with van der Waals surface area (Å²) in [6.45, 7) is 1.80. The molecule has 0 fully saturated rings. The lowest BCUT2D eigenvalue weighted by molar-refractivity contribution is 0.151. The van der Waals surface area contributed by atoms with Crippen LogP contribution in [0.5, 0.6) is 5.75 Å². The van der Waals surface area contributed by atoms with Gasteiger partial charge in [0.05, 0.1) is 21.0 Å². The minimum Gasteiger partial charge on any atom is -0.486 e. The number of nitrogens with zero attached hydrogens (tertiary/aromatic N) is 1. The molecule has 1 aliphatic heterocycles. The first kappa shape index (κ1) is 17.0. The fourth-order valence-electron chi connectivity index (χ4n) is 2.48. The van der Waals surface area contributed by atoms with E-state index < -0.39 is 16.2 Å². The van der Waals surface area contributed by atoms with E-state index in [2.05, 4.69) is 22.0 Å². The first-order valence-electron chi connectivity index (χ1n) is 7.24. The van der Waals surface area contributed by atoms with Crippen molar-refractivity contribution in [3.63, 3.8) is 0 Å². The zero-order chi connectivity index (χ0) is 17.3. The average Bonchev–Trinajstić information content (AvgIpc) is 2.97. The van der Waals surface area contributed by atoms with Crippen molar-refractivity contribution < 1.29 is 17.3 Å². The maximum absolute atomic E-state index is 12.2. The predicted molar refractivity (Wildman–Crippen MR) is 91.3 cm³/mol. The number of hydrogen-bond acceptors (Lipinski definition) is 5. The molecule has 0 amide bonds. The van der Waals surface area contributed by atoms with Crippen molar-refractivity contribution >= 4 is 26.0 Å². The molecule has 124 valence electrons. The van der Waals surface area contributed by atoms with E-state index >= 15 is 0 Å². The summed E-state index contributed by atoms with van der Waals surface area (Å²) in [7, 11) is -3.82. The van der Waals surface area contributed by atoms with Gasteiger partial charge in [0.15, 0.2) is 0 Å². The molecule has 1 heterocycles. The predicted octanol–water partition coefficient (Wildman–Crippen LogP) is 3.34. The quantitative estimate of drug-likeness (QED) is 0.726. The Morgan fingerprint density at radius 2 is 2.04 bits per heavy atom. The van der Waals surface area contributed by atoms with E-state index in [4.69, 9.17) is 14.2 Å². The Morgan fingerprint density at radius 3 is 2.71 bits per heavy atom. The molecule has 1 atom stereocenters. The first-order valence-corrected chi connectivity index (χ1v) is 9.44. The second-order valence-corrected chi connectivity index (χ2v) is 8.02. The molecule has 24 heavy (non-hydrogen) atoms. The van der Waals surface area contributed by atoms with Crippen LogP contribution in [0.3, 0.4) is 0 Å². The van der Waals surface area contributed by atoms with E-state index in [-0.39, 0.29) is 11.5 Å². The number of benzene rings is 2. The van der Waals surface area contributed by atoms with Gasteiger partial charge in [0.25, 0.3) is 10.1 Å². The van der Waals surface area contributed by atoms with Crippen molar-refractivity contribution in [3.8, 4) is 11.8 Å². The number of hydrogen-bond donors (Lipinski definition) is 0. The molecule has 0 N–H and O–H groups in total. The van der Waals surface area contributed by atoms with Crippen molar-refractivity contribution in [3.05, 3.63) is 57.6 Å². The van der Waals surface area contributed by atoms with Gasteiger partial charge in [-0.3, -0.25) is 4.18 Å². The Kier molecular flexibility index (Phi) is 4.63. The summed E-state index contributed by atoms with van der Waals surface area (Å²) >= 11 is 3.37. The standard InChI is InChI=1S/C17H14BrNO4S/c1-11-2-4-15(5-3-11)24(20,21)22-10-14-8-13-6-12(9-19)7-16(18)17(13)23-14/h2-7,14H,8,10H2,1H3. The monoisotopic (exact) mass is 407 g/mol. The van der Waals surface area contributed by atoms with Crippen LogP contribution in [0.2, 0.25) is 0 Å². The van der Waals surface area contributed by atoms with E-state index in [1.807, 2.05) is 6.92 Å². The molecular formula is C17H14BrNO4S. The van der Waals surface area contributed by atoms with Gasteiger partial charge in [-0.1, -0.05) is 17.7 Å². The maximum atomic E-state index is 12.2. The lowest BCUT2D eigenvalue weighted by Crippen LogP contribution is -2.23. The van der Waals surface area contributed by atoms with E-state index in [1.165, 1.54) is 12.1 Å².